The third kappa shape index (κ3) is 2.91. The summed E-state index contributed by atoms with van der Waals surface area (Å²) < 4.78 is 5.29. The number of aryl methyl sites for hydroxylation is 1. The Hall–Kier alpha value is -1.51. The van der Waals surface area contributed by atoms with Crippen LogP contribution in [-0.2, 0) is 9.53 Å². The van der Waals surface area contributed by atoms with E-state index in [1.807, 2.05) is 25.1 Å². The Morgan fingerprint density at radius 1 is 1.47 bits per heavy atom. The van der Waals surface area contributed by atoms with Gasteiger partial charge in [0.1, 0.15) is 5.54 Å². The van der Waals surface area contributed by atoms with E-state index in [-0.39, 0.29) is 5.97 Å². The molecule has 2 unspecified atom stereocenters. The molecule has 0 bridgehead atoms. The molecule has 0 heterocycles. The highest BCUT2D eigenvalue weighted by Gasteiger charge is 2.45. The Morgan fingerprint density at radius 3 is 2.79 bits per heavy atom. The number of nitrogens with one attached hydrogen (secondary N) is 1. The predicted molar refractivity (Wildman–Crippen MR) is 77.2 cm³/mol. The molecule has 1 fully saturated rings. The fraction of sp³-hybridized carbons (Fsp3) is 0.562. The number of benzene rings is 1. The number of anilines is 1. The highest BCUT2D eigenvalue weighted by atomic mass is 16.5. The van der Waals surface area contributed by atoms with Gasteiger partial charge in [0.05, 0.1) is 6.61 Å². The average molecular weight is 261 g/mol. The lowest BCUT2D eigenvalue weighted by atomic mass is 9.95. The molecule has 3 nitrogen and oxygen atoms in total. The summed E-state index contributed by atoms with van der Waals surface area (Å²) in [6.07, 6.45) is 2.76. The van der Waals surface area contributed by atoms with Gasteiger partial charge in [0.15, 0.2) is 0 Å². The summed E-state index contributed by atoms with van der Waals surface area (Å²) in [5, 5.41) is 3.46. The van der Waals surface area contributed by atoms with Gasteiger partial charge in [-0.3, -0.25) is 0 Å². The maximum Gasteiger partial charge on any atom is 0.331 e. The van der Waals surface area contributed by atoms with Crippen LogP contribution in [0.2, 0.25) is 0 Å². The normalized spacial score (nSPS) is 26.2. The molecule has 0 saturated heterocycles. The highest BCUT2D eigenvalue weighted by molar-refractivity contribution is 5.85. The van der Waals surface area contributed by atoms with Crippen molar-refractivity contribution < 1.29 is 9.53 Å². The fourth-order valence-electron chi connectivity index (χ4n) is 2.88. The summed E-state index contributed by atoms with van der Waals surface area (Å²) in [6.45, 7) is 6.54. The van der Waals surface area contributed by atoms with Crippen molar-refractivity contribution >= 4 is 11.7 Å². The minimum absolute atomic E-state index is 0.109. The van der Waals surface area contributed by atoms with Crippen LogP contribution in [0, 0.1) is 12.8 Å². The molecule has 19 heavy (non-hydrogen) atoms. The molecule has 0 spiro atoms. The molecule has 2 rings (SSSR count). The number of carbonyl (C=O) groups excluding carboxylic acids is 1. The molecule has 104 valence electrons. The summed E-state index contributed by atoms with van der Waals surface area (Å²) in [4.78, 5) is 12.3. The zero-order valence-corrected chi connectivity index (χ0v) is 12.0. The Kier molecular flexibility index (Phi) is 4.13. The number of esters is 1. The lowest BCUT2D eigenvalue weighted by Crippen LogP contribution is -2.45. The average Bonchev–Trinajstić information content (AvgIpc) is 2.75. The van der Waals surface area contributed by atoms with E-state index in [1.165, 1.54) is 0 Å². The minimum Gasteiger partial charge on any atom is -0.464 e. The number of carbonyl (C=O) groups is 1. The topological polar surface area (TPSA) is 38.3 Å². The SMILES string of the molecule is CCOC(=O)C1(Nc2ccccc2C)CCC(C)C1. The van der Waals surface area contributed by atoms with Gasteiger partial charge in [0.25, 0.3) is 0 Å². The molecule has 1 aromatic carbocycles. The Morgan fingerprint density at radius 2 is 2.21 bits per heavy atom. The largest absolute Gasteiger partial charge is 0.464 e. The van der Waals surface area contributed by atoms with E-state index in [4.69, 9.17) is 4.74 Å². The van der Waals surface area contributed by atoms with Gasteiger partial charge in [-0.2, -0.15) is 0 Å². The smallest absolute Gasteiger partial charge is 0.331 e. The second kappa shape index (κ2) is 5.64. The van der Waals surface area contributed by atoms with Crippen LogP contribution in [0.15, 0.2) is 24.3 Å². The molecule has 1 saturated carbocycles. The maximum atomic E-state index is 12.3. The first-order valence-electron chi connectivity index (χ1n) is 7.08. The molecular weight excluding hydrogens is 238 g/mol. The Balaban J connectivity index is 2.24. The molecule has 1 N–H and O–H groups in total. The Bertz CT molecular complexity index is 458. The van der Waals surface area contributed by atoms with Crippen molar-refractivity contribution in [2.75, 3.05) is 11.9 Å². The first kappa shape index (κ1) is 13.9. The van der Waals surface area contributed by atoms with Crippen molar-refractivity contribution in [2.24, 2.45) is 5.92 Å². The van der Waals surface area contributed by atoms with Crippen molar-refractivity contribution in [3.63, 3.8) is 0 Å². The van der Waals surface area contributed by atoms with Crippen LogP contribution in [0.1, 0.15) is 38.7 Å². The third-order valence-electron chi connectivity index (χ3n) is 3.95. The molecule has 1 aromatic rings. The van der Waals surface area contributed by atoms with Crippen molar-refractivity contribution in [3.05, 3.63) is 29.8 Å². The molecule has 0 aromatic heterocycles. The number of rotatable bonds is 4. The van der Waals surface area contributed by atoms with E-state index in [9.17, 15) is 4.79 Å². The Labute approximate surface area is 115 Å². The molecule has 2 atom stereocenters. The standard InChI is InChI=1S/C16H23NO2/c1-4-19-15(18)16(10-9-12(2)11-16)17-14-8-6-5-7-13(14)3/h5-8,12,17H,4,9-11H2,1-3H3. The molecule has 1 aliphatic carbocycles. The second-order valence-electron chi connectivity index (χ2n) is 5.59. The zero-order chi connectivity index (χ0) is 13.9. The van der Waals surface area contributed by atoms with Gasteiger partial charge < -0.3 is 10.1 Å². The molecule has 0 radical (unpaired) electrons. The first-order valence-corrected chi connectivity index (χ1v) is 7.08. The van der Waals surface area contributed by atoms with Crippen molar-refractivity contribution in [2.45, 2.75) is 45.6 Å². The first-order chi connectivity index (χ1) is 9.07. The summed E-state index contributed by atoms with van der Waals surface area (Å²) in [6, 6.07) is 8.08. The van der Waals surface area contributed by atoms with E-state index < -0.39 is 5.54 Å². The van der Waals surface area contributed by atoms with Gasteiger partial charge in [0, 0.05) is 5.69 Å². The van der Waals surface area contributed by atoms with Gasteiger partial charge in [-0.25, -0.2) is 4.79 Å². The van der Waals surface area contributed by atoms with E-state index in [0.717, 1.165) is 30.5 Å². The van der Waals surface area contributed by atoms with Crippen LogP contribution in [0.3, 0.4) is 0 Å². The lowest BCUT2D eigenvalue weighted by molar-refractivity contribution is -0.148. The molecule has 3 heteroatoms. The maximum absolute atomic E-state index is 12.3. The van der Waals surface area contributed by atoms with Gasteiger partial charge >= 0.3 is 5.97 Å². The van der Waals surface area contributed by atoms with Gasteiger partial charge in [-0.05, 0) is 50.7 Å². The predicted octanol–water partition coefficient (Wildman–Crippen LogP) is 3.53. The van der Waals surface area contributed by atoms with E-state index in [0.29, 0.717) is 12.5 Å². The van der Waals surface area contributed by atoms with Crippen LogP contribution in [0.25, 0.3) is 0 Å². The molecule has 0 aliphatic heterocycles. The van der Waals surface area contributed by atoms with Crippen LogP contribution in [0.5, 0.6) is 0 Å². The van der Waals surface area contributed by atoms with E-state index in [2.05, 4.69) is 25.2 Å². The van der Waals surface area contributed by atoms with Crippen LogP contribution in [0.4, 0.5) is 5.69 Å². The highest BCUT2D eigenvalue weighted by Crippen LogP contribution is 2.38. The van der Waals surface area contributed by atoms with E-state index in [1.54, 1.807) is 0 Å². The lowest BCUT2D eigenvalue weighted by Gasteiger charge is -2.30. The van der Waals surface area contributed by atoms with E-state index >= 15 is 0 Å². The molecular formula is C16H23NO2. The third-order valence-corrected chi connectivity index (χ3v) is 3.95. The summed E-state index contributed by atoms with van der Waals surface area (Å²) >= 11 is 0. The monoisotopic (exact) mass is 261 g/mol. The van der Waals surface area contributed by atoms with Gasteiger partial charge in [-0.1, -0.05) is 25.1 Å². The quantitative estimate of drug-likeness (QED) is 0.843. The fourth-order valence-corrected chi connectivity index (χ4v) is 2.88. The number of hydrogen-bond donors (Lipinski definition) is 1. The summed E-state index contributed by atoms with van der Waals surface area (Å²) in [5.74, 6) is 0.448. The van der Waals surface area contributed by atoms with Crippen LogP contribution < -0.4 is 5.32 Å². The number of hydrogen-bond acceptors (Lipinski definition) is 3. The second-order valence-corrected chi connectivity index (χ2v) is 5.59. The number of para-hydroxylation sites is 1. The summed E-state index contributed by atoms with van der Waals surface area (Å²) in [7, 11) is 0. The molecule has 1 aliphatic rings. The van der Waals surface area contributed by atoms with Crippen molar-refractivity contribution in [1.29, 1.82) is 0 Å². The van der Waals surface area contributed by atoms with Gasteiger partial charge in [-0.15, -0.1) is 0 Å². The van der Waals surface area contributed by atoms with Crippen molar-refractivity contribution in [1.82, 2.24) is 0 Å². The summed E-state index contributed by atoms with van der Waals surface area (Å²) in [5.41, 5.74) is 1.65. The van der Waals surface area contributed by atoms with Crippen LogP contribution >= 0.6 is 0 Å². The van der Waals surface area contributed by atoms with Gasteiger partial charge in [0.2, 0.25) is 0 Å². The molecule has 0 amide bonds. The zero-order valence-electron chi connectivity index (χ0n) is 12.0. The van der Waals surface area contributed by atoms with Crippen molar-refractivity contribution in [3.8, 4) is 0 Å². The minimum atomic E-state index is -0.540. The number of ether oxygens (including phenoxy) is 1. The van der Waals surface area contributed by atoms with Crippen LogP contribution in [-0.4, -0.2) is 18.1 Å².